The minimum atomic E-state index is -0.637. The molecular weight excluding hydrogens is 221 g/mol. The number of hydrogen-bond acceptors (Lipinski definition) is 3. The number of ether oxygens (including phenoxy) is 1. The van der Waals surface area contributed by atoms with E-state index >= 15 is 0 Å². The largest absolute Gasteiger partial charge is 0.462 e. The Hall–Kier alpha value is -1.42. The number of halogens is 1. The van der Waals surface area contributed by atoms with Crippen LogP contribution < -0.4 is 5.73 Å². The standard InChI is InChI=1S/C13H18FNO2/c1-4-17-12(16)10-6-5-9(7-11(10)14)13(2,3)8-15/h5-7H,4,8,15H2,1-3H3. The van der Waals surface area contributed by atoms with Crippen LogP contribution in [0.5, 0.6) is 0 Å². The van der Waals surface area contributed by atoms with Gasteiger partial charge in [0.15, 0.2) is 0 Å². The second-order valence-electron chi connectivity index (χ2n) is 4.50. The Morgan fingerprint density at radius 1 is 1.47 bits per heavy atom. The SMILES string of the molecule is CCOC(=O)c1ccc(C(C)(C)CN)cc1F. The van der Waals surface area contributed by atoms with Gasteiger partial charge in [0, 0.05) is 12.0 Å². The van der Waals surface area contributed by atoms with Gasteiger partial charge in [0.1, 0.15) is 5.82 Å². The van der Waals surface area contributed by atoms with Crippen molar-refractivity contribution in [2.24, 2.45) is 5.73 Å². The molecule has 0 fully saturated rings. The van der Waals surface area contributed by atoms with E-state index in [9.17, 15) is 9.18 Å². The van der Waals surface area contributed by atoms with E-state index in [1.807, 2.05) is 13.8 Å². The number of rotatable bonds is 4. The van der Waals surface area contributed by atoms with Crippen molar-refractivity contribution >= 4 is 5.97 Å². The fraction of sp³-hybridized carbons (Fsp3) is 0.462. The van der Waals surface area contributed by atoms with Gasteiger partial charge >= 0.3 is 5.97 Å². The first-order valence-corrected chi connectivity index (χ1v) is 5.59. The molecule has 0 spiro atoms. The minimum absolute atomic E-state index is 0.0385. The monoisotopic (exact) mass is 239 g/mol. The van der Waals surface area contributed by atoms with E-state index in [1.165, 1.54) is 12.1 Å². The van der Waals surface area contributed by atoms with Gasteiger partial charge in [-0.3, -0.25) is 0 Å². The Labute approximate surface area is 101 Å². The van der Waals surface area contributed by atoms with Crippen molar-refractivity contribution in [2.45, 2.75) is 26.2 Å². The molecule has 0 atom stereocenters. The van der Waals surface area contributed by atoms with E-state index in [1.54, 1.807) is 13.0 Å². The topological polar surface area (TPSA) is 52.3 Å². The maximum absolute atomic E-state index is 13.7. The molecule has 1 rings (SSSR count). The second kappa shape index (κ2) is 5.27. The number of hydrogen-bond donors (Lipinski definition) is 1. The number of esters is 1. The molecule has 0 aliphatic carbocycles. The lowest BCUT2D eigenvalue weighted by molar-refractivity contribution is 0.0521. The summed E-state index contributed by atoms with van der Waals surface area (Å²) in [6, 6.07) is 4.50. The molecule has 0 aromatic heterocycles. The zero-order valence-corrected chi connectivity index (χ0v) is 10.4. The molecule has 0 radical (unpaired) electrons. The zero-order valence-electron chi connectivity index (χ0n) is 10.4. The van der Waals surface area contributed by atoms with Crippen molar-refractivity contribution in [3.63, 3.8) is 0 Å². The average Bonchev–Trinajstić information content (AvgIpc) is 2.29. The van der Waals surface area contributed by atoms with Gasteiger partial charge in [-0.2, -0.15) is 0 Å². The van der Waals surface area contributed by atoms with Crippen molar-refractivity contribution in [3.8, 4) is 0 Å². The second-order valence-corrected chi connectivity index (χ2v) is 4.50. The lowest BCUT2D eigenvalue weighted by Gasteiger charge is -2.23. The summed E-state index contributed by atoms with van der Waals surface area (Å²) in [5, 5.41) is 0. The van der Waals surface area contributed by atoms with Crippen LogP contribution in [0.1, 0.15) is 36.7 Å². The first-order chi connectivity index (χ1) is 7.92. The molecule has 0 saturated heterocycles. The third-order valence-electron chi connectivity index (χ3n) is 2.76. The third-order valence-corrected chi connectivity index (χ3v) is 2.76. The zero-order chi connectivity index (χ0) is 13.1. The summed E-state index contributed by atoms with van der Waals surface area (Å²) >= 11 is 0. The van der Waals surface area contributed by atoms with Crippen LogP contribution in [0, 0.1) is 5.82 Å². The van der Waals surface area contributed by atoms with Crippen molar-refractivity contribution < 1.29 is 13.9 Å². The molecule has 0 aliphatic rings. The molecule has 2 N–H and O–H groups in total. The Morgan fingerprint density at radius 3 is 2.59 bits per heavy atom. The Morgan fingerprint density at radius 2 is 2.12 bits per heavy atom. The molecule has 3 nitrogen and oxygen atoms in total. The first kappa shape index (κ1) is 13.6. The first-order valence-electron chi connectivity index (χ1n) is 5.59. The van der Waals surface area contributed by atoms with Crippen molar-refractivity contribution in [2.75, 3.05) is 13.2 Å². The van der Waals surface area contributed by atoms with Crippen LogP contribution in [0.25, 0.3) is 0 Å². The van der Waals surface area contributed by atoms with Gasteiger partial charge in [-0.1, -0.05) is 19.9 Å². The molecule has 17 heavy (non-hydrogen) atoms. The molecule has 0 bridgehead atoms. The molecule has 0 saturated carbocycles. The highest BCUT2D eigenvalue weighted by Crippen LogP contribution is 2.24. The third kappa shape index (κ3) is 3.03. The Bertz CT molecular complexity index is 416. The quantitative estimate of drug-likeness (QED) is 0.820. The number of benzene rings is 1. The summed E-state index contributed by atoms with van der Waals surface area (Å²) in [5.74, 6) is -1.20. The molecule has 0 amide bonds. The van der Waals surface area contributed by atoms with Gasteiger partial charge in [-0.05, 0) is 24.6 Å². The van der Waals surface area contributed by atoms with E-state index in [4.69, 9.17) is 10.5 Å². The van der Waals surface area contributed by atoms with Gasteiger partial charge in [0.2, 0.25) is 0 Å². The average molecular weight is 239 g/mol. The van der Waals surface area contributed by atoms with E-state index in [0.29, 0.717) is 6.54 Å². The smallest absolute Gasteiger partial charge is 0.341 e. The number of carbonyl (C=O) groups excluding carboxylic acids is 1. The highest BCUT2D eigenvalue weighted by atomic mass is 19.1. The summed E-state index contributed by atoms with van der Waals surface area (Å²) in [7, 11) is 0. The molecule has 94 valence electrons. The van der Waals surface area contributed by atoms with Crippen LogP contribution in [-0.2, 0) is 10.2 Å². The van der Waals surface area contributed by atoms with Crippen molar-refractivity contribution in [1.82, 2.24) is 0 Å². The lowest BCUT2D eigenvalue weighted by atomic mass is 9.84. The highest BCUT2D eigenvalue weighted by molar-refractivity contribution is 5.89. The summed E-state index contributed by atoms with van der Waals surface area (Å²) in [6.45, 7) is 6.17. The van der Waals surface area contributed by atoms with Crippen LogP contribution in [0.3, 0.4) is 0 Å². The maximum Gasteiger partial charge on any atom is 0.341 e. The molecule has 1 aromatic carbocycles. The van der Waals surface area contributed by atoms with E-state index in [0.717, 1.165) is 5.56 Å². The number of carbonyl (C=O) groups is 1. The van der Waals surface area contributed by atoms with Crippen LogP contribution in [0.2, 0.25) is 0 Å². The van der Waals surface area contributed by atoms with Crippen LogP contribution in [0.4, 0.5) is 4.39 Å². The fourth-order valence-corrected chi connectivity index (χ4v) is 1.43. The molecule has 1 aromatic rings. The van der Waals surface area contributed by atoms with Crippen LogP contribution in [0.15, 0.2) is 18.2 Å². The molecular formula is C13H18FNO2. The summed E-state index contributed by atoms with van der Waals surface area (Å²) in [4.78, 5) is 11.4. The molecule has 0 heterocycles. The van der Waals surface area contributed by atoms with Gasteiger partial charge < -0.3 is 10.5 Å². The van der Waals surface area contributed by atoms with E-state index < -0.39 is 11.8 Å². The van der Waals surface area contributed by atoms with Gasteiger partial charge in [-0.15, -0.1) is 0 Å². The van der Waals surface area contributed by atoms with Crippen LogP contribution >= 0.6 is 0 Å². The predicted octanol–water partition coefficient (Wildman–Crippen LogP) is 2.24. The fourth-order valence-electron chi connectivity index (χ4n) is 1.43. The molecule has 0 unspecified atom stereocenters. The normalized spacial score (nSPS) is 11.4. The Kier molecular flexibility index (Phi) is 4.23. The summed E-state index contributed by atoms with van der Waals surface area (Å²) in [6.07, 6.45) is 0. The highest BCUT2D eigenvalue weighted by Gasteiger charge is 2.21. The van der Waals surface area contributed by atoms with Crippen molar-refractivity contribution in [1.29, 1.82) is 0 Å². The van der Waals surface area contributed by atoms with E-state index in [-0.39, 0.29) is 17.6 Å². The molecule has 4 heteroatoms. The molecule has 0 aliphatic heterocycles. The van der Waals surface area contributed by atoms with Gasteiger partial charge in [0.05, 0.1) is 12.2 Å². The van der Waals surface area contributed by atoms with Gasteiger partial charge in [-0.25, -0.2) is 9.18 Å². The predicted molar refractivity (Wildman–Crippen MR) is 64.4 cm³/mol. The minimum Gasteiger partial charge on any atom is -0.462 e. The summed E-state index contributed by atoms with van der Waals surface area (Å²) < 4.78 is 18.5. The van der Waals surface area contributed by atoms with Gasteiger partial charge in [0.25, 0.3) is 0 Å². The van der Waals surface area contributed by atoms with E-state index in [2.05, 4.69) is 0 Å². The number of nitrogens with two attached hydrogens (primary N) is 1. The lowest BCUT2D eigenvalue weighted by Crippen LogP contribution is -2.28. The Balaban J connectivity index is 3.06. The summed E-state index contributed by atoms with van der Waals surface area (Å²) in [5.41, 5.74) is 6.04. The van der Waals surface area contributed by atoms with Crippen LogP contribution in [-0.4, -0.2) is 19.1 Å². The maximum atomic E-state index is 13.7. The van der Waals surface area contributed by atoms with Crippen molar-refractivity contribution in [3.05, 3.63) is 35.1 Å².